The number of hydrogen-bond acceptors (Lipinski definition) is 3. The number of carbonyl (C=O) groups excluding carboxylic acids is 1. The number of carbonyl (C=O) groups is 1. The lowest BCUT2D eigenvalue weighted by Gasteiger charge is -2.20. The molecule has 1 heterocycles. The minimum Gasteiger partial charge on any atom is -0.394 e. The molecule has 0 saturated carbocycles. The summed E-state index contributed by atoms with van der Waals surface area (Å²) < 4.78 is 1.85. The van der Waals surface area contributed by atoms with Crippen LogP contribution >= 0.6 is 0 Å². The highest BCUT2D eigenvalue weighted by Gasteiger charge is 2.21. The summed E-state index contributed by atoms with van der Waals surface area (Å²) in [7, 11) is 1.92. The molecule has 0 spiro atoms. The Hall–Kier alpha value is -2.14. The van der Waals surface area contributed by atoms with E-state index in [9.17, 15) is 9.90 Å². The van der Waals surface area contributed by atoms with E-state index >= 15 is 0 Å². The molecule has 0 aliphatic carbocycles. The Balaban J connectivity index is 2.05. The lowest BCUT2D eigenvalue weighted by Crippen LogP contribution is -2.35. The first kappa shape index (κ1) is 19.2. The number of rotatable bonds is 7. The van der Waals surface area contributed by atoms with Crippen molar-refractivity contribution in [1.29, 1.82) is 0 Å². The van der Waals surface area contributed by atoms with Gasteiger partial charge in [0.1, 0.15) is 0 Å². The Kier molecular flexibility index (Phi) is 6.37. The van der Waals surface area contributed by atoms with E-state index in [0.29, 0.717) is 6.42 Å². The molecule has 5 heteroatoms. The fourth-order valence-electron chi connectivity index (χ4n) is 3.05. The minimum absolute atomic E-state index is 0.0544. The predicted molar refractivity (Wildman–Crippen MR) is 99.3 cm³/mol. The molecule has 2 unspecified atom stereocenters. The van der Waals surface area contributed by atoms with Crippen molar-refractivity contribution in [3.63, 3.8) is 0 Å². The molecule has 25 heavy (non-hydrogen) atoms. The van der Waals surface area contributed by atoms with E-state index < -0.39 is 0 Å². The molecule has 1 aromatic heterocycles. The van der Waals surface area contributed by atoms with Gasteiger partial charge in [0.05, 0.1) is 18.3 Å². The van der Waals surface area contributed by atoms with Gasteiger partial charge in [0.25, 0.3) is 0 Å². The fourth-order valence-corrected chi connectivity index (χ4v) is 3.05. The smallest absolute Gasteiger partial charge is 0.223 e. The molecule has 0 radical (unpaired) electrons. The number of benzene rings is 1. The zero-order valence-corrected chi connectivity index (χ0v) is 15.8. The monoisotopic (exact) mass is 343 g/mol. The van der Waals surface area contributed by atoms with Crippen LogP contribution in [0.2, 0.25) is 0 Å². The molecule has 136 valence electrons. The maximum Gasteiger partial charge on any atom is 0.223 e. The highest BCUT2D eigenvalue weighted by molar-refractivity contribution is 5.79. The Morgan fingerprint density at radius 1 is 1.28 bits per heavy atom. The Labute approximate surface area is 150 Å². The third-order valence-electron chi connectivity index (χ3n) is 4.91. The number of aliphatic hydroxyl groups excluding tert-OH is 1. The van der Waals surface area contributed by atoms with Crippen LogP contribution in [0.25, 0.3) is 0 Å². The van der Waals surface area contributed by atoms with Crippen LogP contribution in [0.4, 0.5) is 0 Å². The predicted octanol–water partition coefficient (Wildman–Crippen LogP) is 2.63. The quantitative estimate of drug-likeness (QED) is 0.812. The molecule has 2 atom stereocenters. The van der Waals surface area contributed by atoms with Gasteiger partial charge in [0.2, 0.25) is 5.91 Å². The molecule has 0 aliphatic heterocycles. The van der Waals surface area contributed by atoms with E-state index in [-0.39, 0.29) is 24.5 Å². The molecule has 0 bridgehead atoms. The molecule has 1 amide bonds. The van der Waals surface area contributed by atoms with Crippen LogP contribution in [0.5, 0.6) is 0 Å². The van der Waals surface area contributed by atoms with Crippen LogP contribution in [0.3, 0.4) is 0 Å². The highest BCUT2D eigenvalue weighted by Crippen LogP contribution is 2.19. The molecule has 5 nitrogen and oxygen atoms in total. The van der Waals surface area contributed by atoms with Gasteiger partial charge < -0.3 is 10.4 Å². The normalized spacial score (nSPS) is 13.5. The van der Waals surface area contributed by atoms with E-state index in [2.05, 4.69) is 17.3 Å². The number of hydrogen-bond donors (Lipinski definition) is 2. The molecule has 0 saturated heterocycles. The fraction of sp³-hybridized carbons (Fsp3) is 0.500. The second-order valence-electron chi connectivity index (χ2n) is 6.72. The Morgan fingerprint density at radius 2 is 1.92 bits per heavy atom. The molecule has 2 N–H and O–H groups in total. The van der Waals surface area contributed by atoms with E-state index in [4.69, 9.17) is 0 Å². The molecule has 2 rings (SSSR count). The largest absolute Gasteiger partial charge is 0.394 e. The van der Waals surface area contributed by atoms with Crippen molar-refractivity contribution in [2.24, 2.45) is 13.0 Å². The van der Waals surface area contributed by atoms with Gasteiger partial charge in [-0.2, -0.15) is 5.10 Å². The van der Waals surface area contributed by atoms with Gasteiger partial charge >= 0.3 is 0 Å². The first-order valence-electron chi connectivity index (χ1n) is 8.86. The number of amides is 1. The number of aliphatic hydroxyl groups is 1. The zero-order chi connectivity index (χ0) is 18.6. The van der Waals surface area contributed by atoms with Crippen LogP contribution < -0.4 is 5.32 Å². The summed E-state index contributed by atoms with van der Waals surface area (Å²) in [5.74, 6) is -0.244. The van der Waals surface area contributed by atoms with Crippen molar-refractivity contribution < 1.29 is 9.90 Å². The van der Waals surface area contributed by atoms with Crippen LogP contribution in [0.1, 0.15) is 48.0 Å². The van der Waals surface area contributed by atoms with Gasteiger partial charge in [-0.25, -0.2) is 0 Å². The third kappa shape index (κ3) is 4.48. The van der Waals surface area contributed by atoms with Crippen molar-refractivity contribution in [3.8, 4) is 0 Å². The summed E-state index contributed by atoms with van der Waals surface area (Å²) in [5, 5.41) is 17.1. The number of aryl methyl sites for hydroxylation is 3. The van der Waals surface area contributed by atoms with Gasteiger partial charge in [0, 0.05) is 18.7 Å². The minimum atomic E-state index is -0.378. The van der Waals surface area contributed by atoms with E-state index in [0.717, 1.165) is 28.9 Å². The van der Waals surface area contributed by atoms with Gasteiger partial charge in [-0.1, -0.05) is 38.1 Å². The van der Waals surface area contributed by atoms with Gasteiger partial charge in [0.15, 0.2) is 0 Å². The molecule has 2 aromatic rings. The topological polar surface area (TPSA) is 67.2 Å². The molecule has 0 aliphatic rings. The lowest BCUT2D eigenvalue weighted by atomic mass is 9.97. The van der Waals surface area contributed by atoms with Crippen LogP contribution in [-0.4, -0.2) is 27.4 Å². The van der Waals surface area contributed by atoms with Gasteiger partial charge in [-0.3, -0.25) is 9.48 Å². The summed E-state index contributed by atoms with van der Waals surface area (Å²) in [6.45, 7) is 7.89. The van der Waals surface area contributed by atoms with E-state index in [1.54, 1.807) is 0 Å². The lowest BCUT2D eigenvalue weighted by molar-refractivity contribution is -0.125. The van der Waals surface area contributed by atoms with Crippen molar-refractivity contribution in [1.82, 2.24) is 15.1 Å². The van der Waals surface area contributed by atoms with Gasteiger partial charge in [-0.05, 0) is 43.4 Å². The molecular formula is C20H29N3O2. The second kappa shape index (κ2) is 8.30. The number of nitrogens with one attached hydrogen (secondary N) is 1. The zero-order valence-electron chi connectivity index (χ0n) is 15.8. The summed E-state index contributed by atoms with van der Waals surface area (Å²) in [6.07, 6.45) is 1.61. The standard InChI is InChI=1S/C20H29N3O2/c1-6-16-7-9-17(10-8-16)19(12-24)21-20(25)13(2)11-18-14(3)22-23(5)15(18)4/h7-10,13,19,24H,6,11-12H2,1-5H3,(H,21,25). The van der Waals surface area contributed by atoms with E-state index in [1.165, 1.54) is 5.56 Å². The highest BCUT2D eigenvalue weighted by atomic mass is 16.3. The van der Waals surface area contributed by atoms with Crippen molar-refractivity contribution >= 4 is 5.91 Å². The van der Waals surface area contributed by atoms with E-state index in [1.807, 2.05) is 56.8 Å². The van der Waals surface area contributed by atoms with Crippen molar-refractivity contribution in [3.05, 3.63) is 52.3 Å². The average Bonchev–Trinajstić information content (AvgIpc) is 2.85. The van der Waals surface area contributed by atoms with Gasteiger partial charge in [-0.15, -0.1) is 0 Å². The molecule has 1 aromatic carbocycles. The SMILES string of the molecule is CCc1ccc(C(CO)NC(=O)C(C)Cc2c(C)nn(C)c2C)cc1. The van der Waals surface area contributed by atoms with Crippen molar-refractivity contribution in [2.45, 2.75) is 46.6 Å². The van der Waals surface area contributed by atoms with Crippen LogP contribution in [0, 0.1) is 19.8 Å². The number of aromatic nitrogens is 2. The van der Waals surface area contributed by atoms with Crippen LogP contribution in [0.15, 0.2) is 24.3 Å². The number of nitrogens with zero attached hydrogens (tertiary/aromatic N) is 2. The first-order chi connectivity index (χ1) is 11.9. The summed E-state index contributed by atoms with van der Waals surface area (Å²) in [4.78, 5) is 12.6. The summed E-state index contributed by atoms with van der Waals surface area (Å²) in [6, 6.07) is 7.64. The van der Waals surface area contributed by atoms with Crippen LogP contribution in [-0.2, 0) is 24.7 Å². The maximum atomic E-state index is 12.6. The average molecular weight is 343 g/mol. The Morgan fingerprint density at radius 3 is 2.40 bits per heavy atom. The second-order valence-corrected chi connectivity index (χ2v) is 6.72. The summed E-state index contributed by atoms with van der Waals surface area (Å²) in [5.41, 5.74) is 5.34. The van der Waals surface area contributed by atoms with Crippen molar-refractivity contribution in [2.75, 3.05) is 6.61 Å². The Bertz CT molecular complexity index is 719. The summed E-state index contributed by atoms with van der Waals surface area (Å²) >= 11 is 0. The molecular weight excluding hydrogens is 314 g/mol. The maximum absolute atomic E-state index is 12.6. The first-order valence-corrected chi connectivity index (χ1v) is 8.86. The third-order valence-corrected chi connectivity index (χ3v) is 4.91. The molecule has 0 fully saturated rings.